The van der Waals surface area contributed by atoms with Crippen molar-refractivity contribution in [2.45, 2.75) is 25.8 Å². The van der Waals surface area contributed by atoms with Crippen LogP contribution in [0, 0.1) is 0 Å². The van der Waals surface area contributed by atoms with Crippen molar-refractivity contribution in [3.05, 3.63) is 71.3 Å². The Morgan fingerprint density at radius 3 is 2.32 bits per heavy atom. The Kier molecular flexibility index (Phi) is 5.31. The second-order valence-corrected chi connectivity index (χ2v) is 5.06. The maximum Gasteiger partial charge on any atom is 0.326 e. The topological polar surface area (TPSA) is 66.4 Å². The van der Waals surface area contributed by atoms with Crippen LogP contribution >= 0.6 is 0 Å². The van der Waals surface area contributed by atoms with E-state index in [1.165, 1.54) is 0 Å². The Hall–Kier alpha value is -2.62. The molecule has 0 radical (unpaired) electrons. The van der Waals surface area contributed by atoms with Crippen molar-refractivity contribution >= 4 is 11.9 Å². The summed E-state index contributed by atoms with van der Waals surface area (Å²) < 4.78 is 0. The van der Waals surface area contributed by atoms with E-state index in [0.29, 0.717) is 5.56 Å². The SMILES string of the molecule is CCc1ccccc1C(=O)N[C@H](Cc1ccccc1)C(=O)O. The molecule has 0 aliphatic heterocycles. The van der Waals surface area contributed by atoms with E-state index in [-0.39, 0.29) is 12.3 Å². The Balaban J connectivity index is 2.14. The zero-order valence-electron chi connectivity index (χ0n) is 12.5. The minimum absolute atomic E-state index is 0.260. The van der Waals surface area contributed by atoms with Crippen LogP contribution in [0.25, 0.3) is 0 Å². The lowest BCUT2D eigenvalue weighted by Crippen LogP contribution is -2.42. The Bertz CT molecular complexity index is 652. The minimum Gasteiger partial charge on any atom is -0.480 e. The molecule has 2 aromatic carbocycles. The molecule has 22 heavy (non-hydrogen) atoms. The largest absolute Gasteiger partial charge is 0.480 e. The van der Waals surface area contributed by atoms with E-state index < -0.39 is 12.0 Å². The number of hydrogen-bond acceptors (Lipinski definition) is 2. The third kappa shape index (κ3) is 3.95. The van der Waals surface area contributed by atoms with Gasteiger partial charge in [0, 0.05) is 12.0 Å². The molecule has 0 saturated heterocycles. The standard InChI is InChI=1S/C18H19NO3/c1-2-14-10-6-7-11-15(14)17(20)19-16(18(21)22)12-13-8-4-3-5-9-13/h3-11,16H,2,12H2,1H3,(H,19,20)(H,21,22)/t16-/m1/s1. The van der Waals surface area contributed by atoms with Crippen LogP contribution in [-0.2, 0) is 17.6 Å². The molecule has 1 amide bonds. The van der Waals surface area contributed by atoms with Gasteiger partial charge < -0.3 is 10.4 Å². The number of carbonyl (C=O) groups excluding carboxylic acids is 1. The molecule has 2 aromatic rings. The predicted molar refractivity (Wildman–Crippen MR) is 84.9 cm³/mol. The molecule has 0 saturated carbocycles. The number of rotatable bonds is 6. The average molecular weight is 297 g/mol. The molecule has 0 unspecified atom stereocenters. The van der Waals surface area contributed by atoms with E-state index in [0.717, 1.165) is 17.5 Å². The number of benzene rings is 2. The van der Waals surface area contributed by atoms with Crippen LogP contribution in [0.15, 0.2) is 54.6 Å². The van der Waals surface area contributed by atoms with Crippen molar-refractivity contribution in [3.63, 3.8) is 0 Å². The van der Waals surface area contributed by atoms with Crippen molar-refractivity contribution in [1.29, 1.82) is 0 Å². The van der Waals surface area contributed by atoms with Gasteiger partial charge in [0.05, 0.1) is 0 Å². The highest BCUT2D eigenvalue weighted by molar-refractivity contribution is 5.97. The summed E-state index contributed by atoms with van der Waals surface area (Å²) in [5, 5.41) is 12.0. The molecule has 0 spiro atoms. The molecule has 4 heteroatoms. The van der Waals surface area contributed by atoms with Crippen LogP contribution in [0.2, 0.25) is 0 Å². The monoisotopic (exact) mass is 297 g/mol. The molecule has 4 nitrogen and oxygen atoms in total. The van der Waals surface area contributed by atoms with Gasteiger partial charge in [0.15, 0.2) is 0 Å². The fourth-order valence-electron chi connectivity index (χ4n) is 2.34. The van der Waals surface area contributed by atoms with Crippen LogP contribution in [0.5, 0.6) is 0 Å². The van der Waals surface area contributed by atoms with Gasteiger partial charge >= 0.3 is 5.97 Å². The van der Waals surface area contributed by atoms with Gasteiger partial charge in [0.25, 0.3) is 5.91 Å². The molecule has 0 fully saturated rings. The van der Waals surface area contributed by atoms with Crippen molar-refractivity contribution < 1.29 is 14.7 Å². The Morgan fingerprint density at radius 2 is 1.68 bits per heavy atom. The van der Waals surface area contributed by atoms with E-state index in [1.54, 1.807) is 12.1 Å². The van der Waals surface area contributed by atoms with Crippen molar-refractivity contribution in [2.24, 2.45) is 0 Å². The molecule has 2 N–H and O–H groups in total. The van der Waals surface area contributed by atoms with Gasteiger partial charge in [-0.25, -0.2) is 4.79 Å². The van der Waals surface area contributed by atoms with Crippen LogP contribution in [0.1, 0.15) is 28.4 Å². The molecule has 0 bridgehead atoms. The summed E-state index contributed by atoms with van der Waals surface area (Å²) in [6, 6.07) is 15.6. The van der Waals surface area contributed by atoms with Gasteiger partial charge in [-0.15, -0.1) is 0 Å². The van der Waals surface area contributed by atoms with Crippen LogP contribution in [0.4, 0.5) is 0 Å². The maximum atomic E-state index is 12.4. The highest BCUT2D eigenvalue weighted by Gasteiger charge is 2.21. The third-order valence-electron chi connectivity index (χ3n) is 3.53. The van der Waals surface area contributed by atoms with Gasteiger partial charge in [0.2, 0.25) is 0 Å². The molecule has 2 rings (SSSR count). The molecular weight excluding hydrogens is 278 g/mol. The van der Waals surface area contributed by atoms with Gasteiger partial charge in [-0.2, -0.15) is 0 Å². The summed E-state index contributed by atoms with van der Waals surface area (Å²) in [6.45, 7) is 1.96. The lowest BCUT2D eigenvalue weighted by atomic mass is 10.0. The summed E-state index contributed by atoms with van der Waals surface area (Å²) in [5.74, 6) is -1.38. The summed E-state index contributed by atoms with van der Waals surface area (Å²) in [7, 11) is 0. The first-order chi connectivity index (χ1) is 10.6. The third-order valence-corrected chi connectivity index (χ3v) is 3.53. The van der Waals surface area contributed by atoms with E-state index >= 15 is 0 Å². The average Bonchev–Trinajstić information content (AvgIpc) is 2.55. The van der Waals surface area contributed by atoms with Crippen LogP contribution < -0.4 is 5.32 Å². The van der Waals surface area contributed by atoms with Crippen LogP contribution in [0.3, 0.4) is 0 Å². The number of nitrogens with one attached hydrogen (secondary N) is 1. The quantitative estimate of drug-likeness (QED) is 0.861. The normalized spacial score (nSPS) is 11.7. The number of hydrogen-bond donors (Lipinski definition) is 2. The Labute approximate surface area is 129 Å². The summed E-state index contributed by atoms with van der Waals surface area (Å²) >= 11 is 0. The highest BCUT2D eigenvalue weighted by atomic mass is 16.4. The second-order valence-electron chi connectivity index (χ2n) is 5.06. The van der Waals surface area contributed by atoms with Crippen LogP contribution in [-0.4, -0.2) is 23.0 Å². The fourth-order valence-corrected chi connectivity index (χ4v) is 2.34. The van der Waals surface area contributed by atoms with Crippen molar-refractivity contribution in [1.82, 2.24) is 5.32 Å². The molecule has 0 aliphatic carbocycles. The van der Waals surface area contributed by atoms with E-state index in [4.69, 9.17) is 0 Å². The first kappa shape index (κ1) is 15.8. The maximum absolute atomic E-state index is 12.4. The molecule has 1 atom stereocenters. The number of carboxylic acid groups (broad SMARTS) is 1. The lowest BCUT2D eigenvalue weighted by molar-refractivity contribution is -0.139. The molecule has 114 valence electrons. The zero-order chi connectivity index (χ0) is 15.9. The summed E-state index contributed by atoms with van der Waals surface area (Å²) in [6.07, 6.45) is 0.982. The van der Waals surface area contributed by atoms with E-state index in [1.807, 2.05) is 49.4 Å². The Morgan fingerprint density at radius 1 is 1.05 bits per heavy atom. The number of carboxylic acids is 1. The number of aryl methyl sites for hydroxylation is 1. The number of aliphatic carboxylic acids is 1. The van der Waals surface area contributed by atoms with E-state index in [9.17, 15) is 14.7 Å². The van der Waals surface area contributed by atoms with Gasteiger partial charge in [-0.3, -0.25) is 4.79 Å². The second kappa shape index (κ2) is 7.41. The number of amides is 1. The van der Waals surface area contributed by atoms with E-state index in [2.05, 4.69) is 5.32 Å². The molecule has 0 aliphatic rings. The molecular formula is C18H19NO3. The predicted octanol–water partition coefficient (Wildman–Crippen LogP) is 2.67. The summed E-state index contributed by atoms with van der Waals surface area (Å²) in [4.78, 5) is 23.8. The first-order valence-corrected chi connectivity index (χ1v) is 7.27. The van der Waals surface area contributed by atoms with Gasteiger partial charge in [0.1, 0.15) is 6.04 Å². The molecule has 0 aromatic heterocycles. The smallest absolute Gasteiger partial charge is 0.326 e. The first-order valence-electron chi connectivity index (χ1n) is 7.27. The van der Waals surface area contributed by atoms with Crippen molar-refractivity contribution in [2.75, 3.05) is 0 Å². The molecule has 0 heterocycles. The van der Waals surface area contributed by atoms with Crippen molar-refractivity contribution in [3.8, 4) is 0 Å². The highest BCUT2D eigenvalue weighted by Crippen LogP contribution is 2.11. The number of carbonyl (C=O) groups is 2. The summed E-state index contributed by atoms with van der Waals surface area (Å²) in [5.41, 5.74) is 2.31. The van der Waals surface area contributed by atoms with Gasteiger partial charge in [-0.1, -0.05) is 55.5 Å². The minimum atomic E-state index is -1.04. The zero-order valence-corrected chi connectivity index (χ0v) is 12.5. The fraction of sp³-hybridized carbons (Fsp3) is 0.222. The lowest BCUT2D eigenvalue weighted by Gasteiger charge is -2.16. The van der Waals surface area contributed by atoms with Gasteiger partial charge in [-0.05, 0) is 23.6 Å².